The van der Waals surface area contributed by atoms with E-state index >= 15 is 0 Å². The number of carbonyl (C=O) groups excluding carboxylic acids is 2. The van der Waals surface area contributed by atoms with Gasteiger partial charge in [-0.2, -0.15) is 0 Å². The van der Waals surface area contributed by atoms with Crippen molar-refractivity contribution < 1.29 is 14.3 Å². The van der Waals surface area contributed by atoms with Gasteiger partial charge in [0.2, 0.25) is 5.91 Å². The van der Waals surface area contributed by atoms with Crippen LogP contribution in [0.2, 0.25) is 5.02 Å². The van der Waals surface area contributed by atoms with Gasteiger partial charge in [0.25, 0.3) is 5.91 Å². The predicted octanol–water partition coefficient (Wildman–Crippen LogP) is 4.89. The van der Waals surface area contributed by atoms with Crippen molar-refractivity contribution in [2.75, 3.05) is 6.61 Å². The Balaban J connectivity index is 1.26. The van der Waals surface area contributed by atoms with Gasteiger partial charge in [0, 0.05) is 35.6 Å². The van der Waals surface area contributed by atoms with Crippen LogP contribution in [0.25, 0.3) is 0 Å². The second-order valence-electron chi connectivity index (χ2n) is 8.56. The SMILES string of the molecule is Cc1cc(Cl)ccc1OCCCC(=O)N(Cc1ccc(C(=O)NC2CC2)cc1)C1CC1. The Labute approximate surface area is 188 Å². The maximum atomic E-state index is 12.8. The average Bonchev–Trinajstić information content (AvgIpc) is 3.66. The highest BCUT2D eigenvalue weighted by atomic mass is 35.5. The molecule has 1 N–H and O–H groups in total. The first-order valence-electron chi connectivity index (χ1n) is 11.1. The monoisotopic (exact) mass is 440 g/mol. The van der Waals surface area contributed by atoms with Crippen LogP contribution in [0.4, 0.5) is 0 Å². The third kappa shape index (κ3) is 6.23. The van der Waals surface area contributed by atoms with Gasteiger partial charge in [-0.25, -0.2) is 0 Å². The molecule has 2 amide bonds. The summed E-state index contributed by atoms with van der Waals surface area (Å²) in [5.41, 5.74) is 2.72. The van der Waals surface area contributed by atoms with Crippen molar-refractivity contribution in [3.63, 3.8) is 0 Å². The molecule has 2 fully saturated rings. The number of nitrogens with one attached hydrogen (secondary N) is 1. The molecule has 0 unspecified atom stereocenters. The van der Waals surface area contributed by atoms with Crippen LogP contribution in [0, 0.1) is 6.92 Å². The maximum absolute atomic E-state index is 12.8. The molecule has 0 spiro atoms. The van der Waals surface area contributed by atoms with Gasteiger partial charge in [0.15, 0.2) is 0 Å². The van der Waals surface area contributed by atoms with Crippen LogP contribution in [-0.2, 0) is 11.3 Å². The molecule has 164 valence electrons. The lowest BCUT2D eigenvalue weighted by Gasteiger charge is -2.23. The fraction of sp³-hybridized carbons (Fsp3) is 0.440. The summed E-state index contributed by atoms with van der Waals surface area (Å²) in [6, 6.07) is 13.9. The number of carbonyl (C=O) groups is 2. The number of hydrogen-bond donors (Lipinski definition) is 1. The van der Waals surface area contributed by atoms with Crippen molar-refractivity contribution in [3.05, 3.63) is 64.2 Å². The van der Waals surface area contributed by atoms with E-state index in [9.17, 15) is 9.59 Å². The first-order chi connectivity index (χ1) is 15.0. The van der Waals surface area contributed by atoms with Gasteiger partial charge < -0.3 is 15.0 Å². The molecule has 0 aliphatic heterocycles. The number of ether oxygens (including phenoxy) is 1. The topological polar surface area (TPSA) is 58.6 Å². The normalized spacial score (nSPS) is 15.4. The smallest absolute Gasteiger partial charge is 0.251 e. The highest BCUT2D eigenvalue weighted by molar-refractivity contribution is 6.30. The van der Waals surface area contributed by atoms with E-state index in [0.29, 0.717) is 48.7 Å². The molecule has 0 aromatic heterocycles. The van der Waals surface area contributed by atoms with E-state index in [4.69, 9.17) is 16.3 Å². The van der Waals surface area contributed by atoms with Crippen LogP contribution in [0.1, 0.15) is 60.0 Å². The summed E-state index contributed by atoms with van der Waals surface area (Å²) in [5, 5.41) is 3.69. The number of nitrogens with zero attached hydrogens (tertiary/aromatic N) is 1. The number of benzene rings is 2. The third-order valence-corrected chi connectivity index (χ3v) is 5.95. The predicted molar refractivity (Wildman–Crippen MR) is 121 cm³/mol. The fourth-order valence-electron chi connectivity index (χ4n) is 3.59. The summed E-state index contributed by atoms with van der Waals surface area (Å²) in [7, 11) is 0. The first-order valence-corrected chi connectivity index (χ1v) is 11.5. The highest BCUT2D eigenvalue weighted by Gasteiger charge is 2.32. The molecule has 2 aromatic carbocycles. The minimum absolute atomic E-state index is 0.0138. The van der Waals surface area contributed by atoms with Gasteiger partial charge in [-0.3, -0.25) is 9.59 Å². The van der Waals surface area contributed by atoms with E-state index in [2.05, 4.69) is 5.32 Å². The molecule has 4 rings (SSSR count). The number of halogens is 1. The summed E-state index contributed by atoms with van der Waals surface area (Å²) in [5.74, 6) is 0.955. The van der Waals surface area contributed by atoms with Gasteiger partial charge in [-0.05, 0) is 80.5 Å². The lowest BCUT2D eigenvalue weighted by atomic mass is 10.1. The second-order valence-corrected chi connectivity index (χ2v) is 9.00. The van der Waals surface area contributed by atoms with E-state index in [1.54, 1.807) is 0 Å². The Morgan fingerprint density at radius 3 is 2.48 bits per heavy atom. The van der Waals surface area contributed by atoms with Gasteiger partial charge in [-0.1, -0.05) is 23.7 Å². The molecule has 6 heteroatoms. The minimum atomic E-state index is -0.0138. The van der Waals surface area contributed by atoms with E-state index in [1.807, 2.05) is 54.3 Å². The number of aryl methyl sites for hydroxylation is 1. The first kappa shape index (κ1) is 21.7. The molecule has 2 saturated carbocycles. The second kappa shape index (κ2) is 9.73. The van der Waals surface area contributed by atoms with Crippen molar-refractivity contribution in [3.8, 4) is 5.75 Å². The Bertz CT molecular complexity index is 936. The summed E-state index contributed by atoms with van der Waals surface area (Å²) in [4.78, 5) is 27.0. The maximum Gasteiger partial charge on any atom is 0.251 e. The number of amides is 2. The molecule has 0 heterocycles. The Kier molecular flexibility index (Phi) is 6.81. The quantitative estimate of drug-likeness (QED) is 0.535. The minimum Gasteiger partial charge on any atom is -0.493 e. The molecule has 31 heavy (non-hydrogen) atoms. The molecule has 2 aromatic rings. The summed E-state index contributed by atoms with van der Waals surface area (Å²) in [6.07, 6.45) is 5.41. The van der Waals surface area contributed by atoms with E-state index < -0.39 is 0 Å². The molecule has 2 aliphatic carbocycles. The summed E-state index contributed by atoms with van der Waals surface area (Å²) < 4.78 is 5.82. The van der Waals surface area contributed by atoms with Gasteiger partial charge in [0.05, 0.1) is 6.61 Å². The third-order valence-electron chi connectivity index (χ3n) is 5.72. The zero-order valence-electron chi connectivity index (χ0n) is 17.9. The zero-order chi connectivity index (χ0) is 21.8. The lowest BCUT2D eigenvalue weighted by Crippen LogP contribution is -2.32. The molecule has 0 saturated heterocycles. The molecule has 0 bridgehead atoms. The van der Waals surface area contributed by atoms with Crippen molar-refractivity contribution >= 4 is 23.4 Å². The van der Waals surface area contributed by atoms with Crippen molar-refractivity contribution in [2.24, 2.45) is 0 Å². The van der Waals surface area contributed by atoms with E-state index in [1.165, 1.54) is 0 Å². The van der Waals surface area contributed by atoms with Gasteiger partial charge in [0.1, 0.15) is 5.75 Å². The van der Waals surface area contributed by atoms with Crippen LogP contribution >= 0.6 is 11.6 Å². The number of rotatable bonds is 10. The van der Waals surface area contributed by atoms with Crippen LogP contribution in [0.5, 0.6) is 5.75 Å². The molecular weight excluding hydrogens is 412 g/mol. The Morgan fingerprint density at radius 1 is 1.10 bits per heavy atom. The summed E-state index contributed by atoms with van der Waals surface area (Å²) >= 11 is 5.98. The summed E-state index contributed by atoms with van der Waals surface area (Å²) in [6.45, 7) is 3.05. The molecule has 2 aliphatic rings. The largest absolute Gasteiger partial charge is 0.493 e. The van der Waals surface area contributed by atoms with Gasteiger partial charge in [-0.15, -0.1) is 0 Å². The Hall–Kier alpha value is -2.53. The van der Waals surface area contributed by atoms with Crippen molar-refractivity contribution in [1.29, 1.82) is 0 Å². The standard InChI is InChI=1S/C25H29ClN2O3/c1-17-15-20(26)8-13-23(17)31-14-2-3-24(29)28(22-11-12-22)16-18-4-6-19(7-5-18)25(30)27-21-9-10-21/h4-8,13,15,21-22H,2-3,9-12,14,16H2,1H3,(H,27,30). The molecule has 0 atom stereocenters. The van der Waals surface area contributed by atoms with E-state index in [-0.39, 0.29) is 11.8 Å². The molecule has 0 radical (unpaired) electrons. The van der Waals surface area contributed by atoms with Crippen LogP contribution in [-0.4, -0.2) is 35.4 Å². The van der Waals surface area contributed by atoms with E-state index in [0.717, 1.165) is 42.6 Å². The van der Waals surface area contributed by atoms with Crippen molar-refractivity contribution in [2.45, 2.75) is 64.1 Å². The molecule has 5 nitrogen and oxygen atoms in total. The highest BCUT2D eigenvalue weighted by Crippen LogP contribution is 2.29. The van der Waals surface area contributed by atoms with Crippen LogP contribution in [0.15, 0.2) is 42.5 Å². The average molecular weight is 441 g/mol. The van der Waals surface area contributed by atoms with Gasteiger partial charge >= 0.3 is 0 Å². The number of hydrogen-bond acceptors (Lipinski definition) is 3. The molecular formula is C25H29ClN2O3. The van der Waals surface area contributed by atoms with Crippen LogP contribution < -0.4 is 10.1 Å². The lowest BCUT2D eigenvalue weighted by molar-refractivity contribution is -0.132. The fourth-order valence-corrected chi connectivity index (χ4v) is 3.81. The van der Waals surface area contributed by atoms with Crippen molar-refractivity contribution in [1.82, 2.24) is 10.2 Å². The Morgan fingerprint density at radius 2 is 1.84 bits per heavy atom. The zero-order valence-corrected chi connectivity index (χ0v) is 18.7. The van der Waals surface area contributed by atoms with Crippen LogP contribution in [0.3, 0.4) is 0 Å².